The molecule has 0 spiro atoms. The van der Waals surface area contributed by atoms with E-state index in [1.165, 1.54) is 29.7 Å². The second-order valence-electron chi connectivity index (χ2n) is 5.84. The summed E-state index contributed by atoms with van der Waals surface area (Å²) in [4.78, 5) is 26.2. The highest BCUT2D eigenvalue weighted by Gasteiger charge is 2.56. The van der Waals surface area contributed by atoms with Crippen molar-refractivity contribution in [3.05, 3.63) is 12.2 Å². The molecule has 10 heteroatoms. The molecular weight excluding hydrogens is 324 g/mol. The molecule has 2 aliphatic heterocycles. The van der Waals surface area contributed by atoms with Crippen molar-refractivity contribution < 1.29 is 23.8 Å². The Balaban J connectivity index is 1.82. The van der Waals surface area contributed by atoms with E-state index >= 15 is 0 Å². The lowest BCUT2D eigenvalue weighted by Crippen LogP contribution is -2.31. The van der Waals surface area contributed by atoms with Crippen LogP contribution in [0.15, 0.2) is 6.33 Å². The summed E-state index contributed by atoms with van der Waals surface area (Å²) in [5, 5.41) is 4.03. The van der Waals surface area contributed by atoms with Crippen LogP contribution in [0, 0.1) is 0 Å². The molecule has 1 aromatic heterocycles. The molecule has 1 aromatic rings. The van der Waals surface area contributed by atoms with E-state index in [1.54, 1.807) is 0 Å². The van der Waals surface area contributed by atoms with Crippen LogP contribution < -0.4 is 5.73 Å². The molecule has 3 heterocycles. The highest BCUT2D eigenvalue weighted by molar-refractivity contribution is 8.13. The third kappa shape index (κ3) is 3.25. The fraction of sp³-hybridized carbons (Fsp3) is 0.692. The maximum Gasteiger partial charge on any atom is 0.288 e. The van der Waals surface area contributed by atoms with Crippen LogP contribution in [-0.4, -0.2) is 55.6 Å². The minimum absolute atomic E-state index is 0.00328. The van der Waals surface area contributed by atoms with Gasteiger partial charge in [0.2, 0.25) is 5.82 Å². The lowest BCUT2D eigenvalue weighted by molar-refractivity contribution is -0.195. The highest BCUT2D eigenvalue weighted by atomic mass is 32.2. The quantitative estimate of drug-likeness (QED) is 0.817. The Morgan fingerprint density at radius 2 is 2.09 bits per heavy atom. The maximum absolute atomic E-state index is 11.2. The van der Waals surface area contributed by atoms with Crippen LogP contribution >= 0.6 is 11.8 Å². The molecule has 3 rings (SSSR count). The van der Waals surface area contributed by atoms with Gasteiger partial charge in [0.1, 0.15) is 18.5 Å². The summed E-state index contributed by atoms with van der Waals surface area (Å²) in [5.74, 6) is -1.12. The van der Waals surface area contributed by atoms with Gasteiger partial charge in [0, 0.05) is 12.7 Å². The van der Waals surface area contributed by atoms with Crippen molar-refractivity contribution in [1.29, 1.82) is 0 Å². The summed E-state index contributed by atoms with van der Waals surface area (Å²) >= 11 is 1.17. The minimum Gasteiger partial charge on any atom is -0.363 e. The first kappa shape index (κ1) is 16.4. The smallest absolute Gasteiger partial charge is 0.288 e. The van der Waals surface area contributed by atoms with Crippen LogP contribution in [0.25, 0.3) is 0 Å². The number of nitrogens with zero attached hydrogens (tertiary/aromatic N) is 3. The Labute approximate surface area is 136 Å². The molecule has 23 heavy (non-hydrogen) atoms. The van der Waals surface area contributed by atoms with E-state index in [0.717, 1.165) is 0 Å². The Morgan fingerprint density at radius 3 is 2.70 bits per heavy atom. The van der Waals surface area contributed by atoms with Crippen molar-refractivity contribution in [2.45, 2.75) is 51.1 Å². The molecule has 0 bridgehead atoms. The molecule has 4 atom stereocenters. The van der Waals surface area contributed by atoms with Crippen LogP contribution in [0.1, 0.15) is 37.6 Å². The van der Waals surface area contributed by atoms with Crippen molar-refractivity contribution in [3.8, 4) is 0 Å². The van der Waals surface area contributed by atoms with Gasteiger partial charge in [-0.3, -0.25) is 9.59 Å². The summed E-state index contributed by atoms with van der Waals surface area (Å²) in [5.41, 5.74) is 5.17. The lowest BCUT2D eigenvalue weighted by Gasteiger charge is -2.23. The number of nitrogens with two attached hydrogens (primary N) is 1. The molecule has 0 aromatic carbocycles. The van der Waals surface area contributed by atoms with Gasteiger partial charge in [0.25, 0.3) is 5.91 Å². The average molecular weight is 342 g/mol. The van der Waals surface area contributed by atoms with Crippen molar-refractivity contribution in [2.75, 3.05) is 5.75 Å². The predicted octanol–water partition coefficient (Wildman–Crippen LogP) is 0.0742. The lowest BCUT2D eigenvalue weighted by atomic mass is 10.1. The number of amides is 1. The SMILES string of the molecule is CC(=O)SC[C@H]1O[C@@H](n2cnc(C(N)=O)n2)[C@@H]2OC(C)(C)O[C@@H]21. The zero-order valence-corrected chi connectivity index (χ0v) is 13.8. The van der Waals surface area contributed by atoms with Crippen molar-refractivity contribution in [3.63, 3.8) is 0 Å². The average Bonchev–Trinajstić information content (AvgIpc) is 3.09. The second kappa shape index (κ2) is 5.86. The Kier molecular flexibility index (Phi) is 4.17. The third-order valence-electron chi connectivity index (χ3n) is 3.57. The number of primary amides is 1. The molecule has 2 saturated heterocycles. The molecule has 0 aliphatic carbocycles. The standard InChI is InChI=1S/C13H18N4O5S/c1-6(18)23-4-7-8-9(22-13(2,3)21-8)12(20-7)17-5-15-11(16-17)10(14)19/h5,7-9,12H,4H2,1-3H3,(H2,14,19)/t7-,8-,9-,12-/m1/s1. The zero-order valence-electron chi connectivity index (χ0n) is 13.0. The maximum atomic E-state index is 11.2. The molecule has 1 amide bonds. The zero-order chi connectivity index (χ0) is 16.8. The molecule has 9 nitrogen and oxygen atoms in total. The van der Waals surface area contributed by atoms with Gasteiger partial charge in [0.15, 0.2) is 17.1 Å². The van der Waals surface area contributed by atoms with E-state index in [1.807, 2.05) is 13.8 Å². The molecule has 0 saturated carbocycles. The number of aromatic nitrogens is 3. The van der Waals surface area contributed by atoms with Crippen molar-refractivity contribution in [1.82, 2.24) is 14.8 Å². The van der Waals surface area contributed by atoms with Gasteiger partial charge in [-0.2, -0.15) is 0 Å². The third-order valence-corrected chi connectivity index (χ3v) is 4.47. The molecule has 126 valence electrons. The fourth-order valence-electron chi connectivity index (χ4n) is 2.72. The monoisotopic (exact) mass is 342 g/mol. The topological polar surface area (TPSA) is 119 Å². The number of ether oxygens (including phenoxy) is 3. The van der Waals surface area contributed by atoms with E-state index in [0.29, 0.717) is 5.75 Å². The van der Waals surface area contributed by atoms with Gasteiger partial charge in [-0.05, 0) is 13.8 Å². The van der Waals surface area contributed by atoms with E-state index in [-0.39, 0.29) is 23.1 Å². The number of carbonyl (C=O) groups is 2. The van der Waals surface area contributed by atoms with Crippen LogP contribution in [0.3, 0.4) is 0 Å². The Morgan fingerprint density at radius 1 is 1.39 bits per heavy atom. The largest absolute Gasteiger partial charge is 0.363 e. The Hall–Kier alpha value is -1.49. The van der Waals surface area contributed by atoms with E-state index in [9.17, 15) is 9.59 Å². The van der Waals surface area contributed by atoms with E-state index < -0.39 is 24.0 Å². The van der Waals surface area contributed by atoms with Gasteiger partial charge in [0.05, 0.1) is 6.10 Å². The Bertz CT molecular complexity index is 634. The first-order chi connectivity index (χ1) is 10.8. The number of thioether (sulfide) groups is 1. The van der Waals surface area contributed by atoms with Gasteiger partial charge < -0.3 is 19.9 Å². The first-order valence-corrected chi connectivity index (χ1v) is 8.11. The predicted molar refractivity (Wildman–Crippen MR) is 79.4 cm³/mol. The van der Waals surface area contributed by atoms with Gasteiger partial charge in [-0.1, -0.05) is 11.8 Å². The van der Waals surface area contributed by atoms with Crippen LogP contribution in [0.2, 0.25) is 0 Å². The van der Waals surface area contributed by atoms with E-state index in [4.69, 9.17) is 19.9 Å². The number of rotatable bonds is 4. The molecular formula is C13H18N4O5S. The summed E-state index contributed by atoms with van der Waals surface area (Å²) in [6, 6.07) is 0. The molecule has 2 aliphatic rings. The highest BCUT2D eigenvalue weighted by Crippen LogP contribution is 2.43. The molecule has 0 radical (unpaired) electrons. The second-order valence-corrected chi connectivity index (χ2v) is 7.04. The number of hydrogen-bond acceptors (Lipinski definition) is 8. The summed E-state index contributed by atoms with van der Waals surface area (Å²) < 4.78 is 19.1. The number of carbonyl (C=O) groups excluding carboxylic acids is 2. The fourth-order valence-corrected chi connectivity index (χ4v) is 3.38. The normalized spacial score (nSPS) is 32.0. The van der Waals surface area contributed by atoms with Crippen LogP contribution in [0.4, 0.5) is 0 Å². The van der Waals surface area contributed by atoms with Gasteiger partial charge >= 0.3 is 0 Å². The van der Waals surface area contributed by atoms with Crippen LogP contribution in [0.5, 0.6) is 0 Å². The van der Waals surface area contributed by atoms with Crippen LogP contribution in [-0.2, 0) is 19.0 Å². The summed E-state index contributed by atoms with van der Waals surface area (Å²) in [6.07, 6.45) is -0.299. The van der Waals surface area contributed by atoms with Crippen molar-refractivity contribution >= 4 is 22.8 Å². The molecule has 2 N–H and O–H groups in total. The summed E-state index contributed by atoms with van der Waals surface area (Å²) in [7, 11) is 0. The molecule has 2 fully saturated rings. The van der Waals surface area contributed by atoms with E-state index in [2.05, 4.69) is 10.1 Å². The van der Waals surface area contributed by atoms with Gasteiger partial charge in [-0.15, -0.1) is 5.10 Å². The summed E-state index contributed by atoms with van der Waals surface area (Å²) in [6.45, 7) is 5.13. The van der Waals surface area contributed by atoms with Gasteiger partial charge in [-0.25, -0.2) is 9.67 Å². The first-order valence-electron chi connectivity index (χ1n) is 7.12. The van der Waals surface area contributed by atoms with Crippen molar-refractivity contribution in [2.24, 2.45) is 5.73 Å². The minimum atomic E-state index is -0.760. The number of fused-ring (bicyclic) bond motifs is 1. The molecule has 0 unspecified atom stereocenters. The number of hydrogen-bond donors (Lipinski definition) is 1.